The molecular formula is C13H41Mg3O5PS8. The van der Waals surface area contributed by atoms with Gasteiger partial charge in [0.15, 0.2) is 0 Å². The summed E-state index contributed by atoms with van der Waals surface area (Å²) in [6, 6.07) is 0. The van der Waals surface area contributed by atoms with Crippen molar-refractivity contribution in [3.8, 4) is 0 Å². The molecule has 0 aliphatic carbocycles. The summed E-state index contributed by atoms with van der Waals surface area (Å²) in [6.07, 6.45) is 0. The molecule has 0 aliphatic heterocycles. The summed E-state index contributed by atoms with van der Waals surface area (Å²) in [5.74, 6) is 0. The number of hydrogen-bond donors (Lipinski definition) is 7. The quantitative estimate of drug-likeness (QED) is 0.0799. The molecule has 0 fully saturated rings. The van der Waals surface area contributed by atoms with Gasteiger partial charge in [-0.05, 0) is 12.2 Å². The number of aliphatic hydroxyl groups excluding tert-OH is 1. The molecule has 0 aromatic rings. The van der Waals surface area contributed by atoms with Crippen LogP contribution in [-0.2, 0) is 4.57 Å². The molecule has 0 spiro atoms. The molecule has 182 valence electrons. The third-order valence-corrected chi connectivity index (χ3v) is 6.99. The summed E-state index contributed by atoms with van der Waals surface area (Å²) in [6.45, 7) is 16.6. The van der Waals surface area contributed by atoms with E-state index >= 15 is 0 Å². The molecule has 0 saturated carbocycles. The maximum Gasteiger partial charge on any atom is 0.466 e. The van der Waals surface area contributed by atoms with Gasteiger partial charge in [-0.3, -0.25) is 0 Å². The van der Waals surface area contributed by atoms with Crippen LogP contribution >= 0.6 is 99.2 Å². The number of hydrogen-bond acceptors (Lipinski definition) is 9. The standard InChI is InChI=1S/C4H8OS2.3C3H8S2.3Mg.H3O4P.6H/c1-3(2)7-4(5)6;3*1-3(2)5-4;;;;1-5(2,3)4;;;;;;/h3H,1-2H3,(H,5,6);3*3-4H,1-2H3;;;;(H3,1,2,3,4);;;;;;. The molecule has 5 nitrogen and oxygen atoms in total. The molecule has 0 aromatic carbocycles. The fourth-order valence-electron chi connectivity index (χ4n) is 0.202. The number of thiocarbonyl (C=S) groups is 1. The zero-order chi connectivity index (χ0) is 23.2. The highest BCUT2D eigenvalue weighted by Crippen LogP contribution is 2.25. The van der Waals surface area contributed by atoms with Crippen LogP contribution in [0, 0.1) is 0 Å². The predicted octanol–water partition coefficient (Wildman–Crippen LogP) is 4.21. The Hall–Kier alpha value is 4.75. The van der Waals surface area contributed by atoms with Gasteiger partial charge < -0.3 is 19.8 Å². The summed E-state index contributed by atoms with van der Waals surface area (Å²) in [7, 11) is 0.0833. The lowest BCUT2D eigenvalue weighted by atomic mass is 10.6. The molecule has 0 atom stereocenters. The van der Waals surface area contributed by atoms with Crippen molar-refractivity contribution >= 4 is 173 Å². The molecule has 0 amide bonds. The van der Waals surface area contributed by atoms with E-state index in [0.29, 0.717) is 21.0 Å². The van der Waals surface area contributed by atoms with E-state index < -0.39 is 7.82 Å². The van der Waals surface area contributed by atoms with Crippen molar-refractivity contribution in [2.75, 3.05) is 0 Å². The van der Waals surface area contributed by atoms with Crippen LogP contribution in [0.5, 0.6) is 0 Å². The van der Waals surface area contributed by atoms with Crippen LogP contribution in [0.25, 0.3) is 0 Å². The SMILES string of the molecule is CC(C)SC(O)=S.CC(C)SS.CC(C)SS.CC(C)SS.O=P(O)(O)O.[MgH2].[MgH2].[MgH2]. The summed E-state index contributed by atoms with van der Waals surface area (Å²) >= 11 is 17.5. The fourth-order valence-corrected chi connectivity index (χ4v) is 1.18. The third kappa shape index (κ3) is 152. The molecular weight excluding hydrogens is 597 g/mol. The van der Waals surface area contributed by atoms with Crippen molar-refractivity contribution in [3.63, 3.8) is 0 Å². The highest BCUT2D eigenvalue weighted by atomic mass is 33.1. The Bertz CT molecular complexity index is 327. The highest BCUT2D eigenvalue weighted by Gasteiger charge is 2.00. The van der Waals surface area contributed by atoms with E-state index in [1.807, 2.05) is 13.8 Å². The first-order valence-corrected chi connectivity index (χ1v) is 16.2. The number of thiol groups is 3. The lowest BCUT2D eigenvalue weighted by Gasteiger charge is -1.96. The number of aliphatic hydroxyl groups is 1. The second-order valence-corrected chi connectivity index (χ2v) is 14.0. The largest absolute Gasteiger partial charge is 0.494 e. The van der Waals surface area contributed by atoms with E-state index in [-0.39, 0.29) is 73.5 Å². The topological polar surface area (TPSA) is 98.0 Å². The van der Waals surface area contributed by atoms with Crippen LogP contribution < -0.4 is 0 Å². The summed E-state index contributed by atoms with van der Waals surface area (Å²) < 4.78 is 8.92. The maximum atomic E-state index is 8.88. The van der Waals surface area contributed by atoms with Gasteiger partial charge in [0, 0.05) is 21.0 Å². The Morgan fingerprint density at radius 2 is 0.833 bits per heavy atom. The summed E-state index contributed by atoms with van der Waals surface area (Å²) in [5, 5.41) is 10.8. The van der Waals surface area contributed by atoms with E-state index in [9.17, 15) is 0 Å². The first-order valence-electron chi connectivity index (χ1n) is 7.52. The normalized spacial score (nSPS) is 9.00. The maximum absolute atomic E-state index is 8.88. The minimum absolute atomic E-state index is 0. The number of phosphoric acid groups is 1. The Morgan fingerprint density at radius 1 is 0.700 bits per heavy atom. The molecule has 30 heavy (non-hydrogen) atoms. The van der Waals surface area contributed by atoms with Crippen molar-refractivity contribution in [1.29, 1.82) is 0 Å². The average Bonchev–Trinajstić information content (AvgIpc) is 2.45. The zero-order valence-corrected chi connectivity index (χ0v) is 24.5. The molecule has 0 saturated heterocycles. The molecule has 0 rings (SSSR count). The molecule has 0 radical (unpaired) electrons. The molecule has 0 bridgehead atoms. The minimum atomic E-state index is -4.64. The molecule has 0 aromatic heterocycles. The van der Waals surface area contributed by atoms with E-state index in [1.165, 1.54) is 11.8 Å². The van der Waals surface area contributed by atoms with Gasteiger partial charge in [0.2, 0.25) is 4.38 Å². The van der Waals surface area contributed by atoms with Gasteiger partial charge >= 0.3 is 77.0 Å². The van der Waals surface area contributed by atoms with Crippen LogP contribution in [0.2, 0.25) is 0 Å². The van der Waals surface area contributed by atoms with Crippen molar-refractivity contribution in [3.05, 3.63) is 0 Å². The fraction of sp³-hybridized carbons (Fsp3) is 0.923. The van der Waals surface area contributed by atoms with Crippen molar-refractivity contribution in [2.24, 2.45) is 0 Å². The van der Waals surface area contributed by atoms with E-state index in [0.717, 1.165) is 0 Å². The Labute approximate surface area is 269 Å². The van der Waals surface area contributed by atoms with Crippen LogP contribution in [0.4, 0.5) is 0 Å². The van der Waals surface area contributed by atoms with Gasteiger partial charge in [-0.15, -0.1) is 35.0 Å². The molecule has 0 aliphatic rings. The van der Waals surface area contributed by atoms with E-state index in [1.54, 1.807) is 32.4 Å². The van der Waals surface area contributed by atoms with E-state index in [2.05, 4.69) is 88.7 Å². The first kappa shape index (κ1) is 55.3. The number of thioether (sulfide) groups is 1. The van der Waals surface area contributed by atoms with Crippen molar-refractivity contribution in [1.82, 2.24) is 0 Å². The van der Waals surface area contributed by atoms with Gasteiger partial charge in [-0.25, -0.2) is 4.57 Å². The minimum Gasteiger partial charge on any atom is -0.494 e. The third-order valence-electron chi connectivity index (χ3n) is 0.969. The predicted molar refractivity (Wildman–Crippen MR) is 173 cm³/mol. The summed E-state index contributed by atoms with van der Waals surface area (Å²) in [4.78, 5) is 21.6. The summed E-state index contributed by atoms with van der Waals surface area (Å²) in [5.41, 5.74) is 0. The van der Waals surface area contributed by atoms with Crippen LogP contribution in [0.15, 0.2) is 0 Å². The number of rotatable bonds is 4. The lowest BCUT2D eigenvalue weighted by Crippen LogP contribution is -1.91. The van der Waals surface area contributed by atoms with Crippen LogP contribution in [0.1, 0.15) is 55.4 Å². The first-order chi connectivity index (χ1) is 11.9. The smallest absolute Gasteiger partial charge is 0.466 e. The second-order valence-electron chi connectivity index (χ2n) is 5.41. The van der Waals surface area contributed by atoms with Gasteiger partial charge in [-0.2, -0.15) is 0 Å². The highest BCUT2D eigenvalue weighted by molar-refractivity contribution is 8.69. The van der Waals surface area contributed by atoms with Gasteiger partial charge in [-0.1, -0.05) is 99.5 Å². The van der Waals surface area contributed by atoms with E-state index in [4.69, 9.17) is 24.4 Å². The van der Waals surface area contributed by atoms with Gasteiger partial charge in [0.1, 0.15) is 0 Å². The average molecular weight is 638 g/mol. The van der Waals surface area contributed by atoms with Crippen LogP contribution in [0.3, 0.4) is 0 Å². The van der Waals surface area contributed by atoms with Gasteiger partial charge in [0.05, 0.1) is 0 Å². The Balaban J connectivity index is -0.0000000330. The lowest BCUT2D eigenvalue weighted by molar-refractivity contribution is 0.275. The molecule has 4 N–H and O–H groups in total. The molecule has 17 heteroatoms. The molecule has 0 unspecified atom stereocenters. The molecule has 0 heterocycles. The van der Waals surface area contributed by atoms with Crippen LogP contribution in [-0.4, -0.2) is 114 Å². The van der Waals surface area contributed by atoms with Gasteiger partial charge in [0.25, 0.3) is 0 Å². The van der Waals surface area contributed by atoms with Crippen molar-refractivity contribution in [2.45, 2.75) is 76.4 Å². The monoisotopic (exact) mass is 636 g/mol. The Morgan fingerprint density at radius 3 is 0.833 bits per heavy atom. The second kappa shape index (κ2) is 40.9. The Kier molecular flexibility index (Phi) is 75.4. The zero-order valence-electron chi connectivity index (χ0n) is 16.8. The van der Waals surface area contributed by atoms with Crippen molar-refractivity contribution < 1.29 is 24.4 Å².